The van der Waals surface area contributed by atoms with Crippen molar-refractivity contribution in [2.24, 2.45) is 0 Å². The van der Waals surface area contributed by atoms with Crippen molar-refractivity contribution in [2.75, 3.05) is 6.54 Å². The molecule has 2 N–H and O–H groups in total. The quantitative estimate of drug-likeness (QED) is 0.732. The number of nitrogens with one attached hydrogen (secondary N) is 2. The Bertz CT molecular complexity index is 855. The largest absolute Gasteiger partial charge is 0.497 e. The minimum absolute atomic E-state index is 0.0686. The van der Waals surface area contributed by atoms with Crippen molar-refractivity contribution in [2.45, 2.75) is 38.0 Å². The Balaban J connectivity index is 1.52. The summed E-state index contributed by atoms with van der Waals surface area (Å²) in [6.07, 6.45) is 4.78. The van der Waals surface area contributed by atoms with Gasteiger partial charge in [0.25, 0.3) is 11.8 Å². The zero-order chi connectivity index (χ0) is 19.0. The molecule has 2 atom stereocenters. The van der Waals surface area contributed by atoms with E-state index in [-0.39, 0.29) is 24.9 Å². The molecule has 27 heavy (non-hydrogen) atoms. The average Bonchev–Trinajstić information content (AvgIpc) is 3.24. The van der Waals surface area contributed by atoms with Crippen LogP contribution in [0.4, 0.5) is 0 Å². The second-order valence-corrected chi connectivity index (χ2v) is 6.78. The summed E-state index contributed by atoms with van der Waals surface area (Å²) in [7, 11) is 0. The zero-order valence-electron chi connectivity index (χ0n) is 14.6. The normalized spacial score (nSPS) is 24.2. The van der Waals surface area contributed by atoms with Crippen molar-refractivity contribution in [1.82, 2.24) is 15.5 Å². The van der Waals surface area contributed by atoms with Gasteiger partial charge in [0.1, 0.15) is 12.1 Å². The number of amides is 4. The van der Waals surface area contributed by atoms with Gasteiger partial charge in [-0.25, -0.2) is 0 Å². The fourth-order valence-corrected chi connectivity index (χ4v) is 3.66. The molecular formula is C19H19N3O5. The highest BCUT2D eigenvalue weighted by Crippen LogP contribution is 2.29. The lowest BCUT2D eigenvalue weighted by Crippen LogP contribution is -2.54. The molecule has 8 nitrogen and oxygen atoms in total. The summed E-state index contributed by atoms with van der Waals surface area (Å²) >= 11 is 0. The lowest BCUT2D eigenvalue weighted by atomic mass is 10.0. The van der Waals surface area contributed by atoms with Gasteiger partial charge in [0, 0.05) is 25.9 Å². The molecular weight excluding hydrogens is 350 g/mol. The van der Waals surface area contributed by atoms with E-state index in [4.69, 9.17) is 4.74 Å². The Labute approximate surface area is 155 Å². The third-order valence-electron chi connectivity index (χ3n) is 5.01. The van der Waals surface area contributed by atoms with Crippen LogP contribution < -0.4 is 10.6 Å². The molecule has 0 spiro atoms. The molecule has 0 bridgehead atoms. The molecule has 0 saturated carbocycles. The van der Waals surface area contributed by atoms with Gasteiger partial charge in [-0.1, -0.05) is 12.1 Å². The second kappa shape index (κ2) is 6.96. The highest BCUT2D eigenvalue weighted by Gasteiger charge is 2.45. The zero-order valence-corrected chi connectivity index (χ0v) is 14.6. The Hall–Kier alpha value is -3.00. The van der Waals surface area contributed by atoms with Gasteiger partial charge in [-0.2, -0.15) is 0 Å². The van der Waals surface area contributed by atoms with Crippen molar-refractivity contribution in [3.63, 3.8) is 0 Å². The number of rotatable bonds is 5. The van der Waals surface area contributed by atoms with Gasteiger partial charge in [0.05, 0.1) is 17.4 Å². The summed E-state index contributed by atoms with van der Waals surface area (Å²) in [4.78, 5) is 50.2. The number of carbonyl (C=O) groups is 4. The van der Waals surface area contributed by atoms with E-state index in [2.05, 4.69) is 10.6 Å². The maximum absolute atomic E-state index is 13.0. The summed E-state index contributed by atoms with van der Waals surface area (Å²) in [5, 5.41) is 5.44. The van der Waals surface area contributed by atoms with Crippen molar-refractivity contribution < 1.29 is 23.9 Å². The van der Waals surface area contributed by atoms with Gasteiger partial charge < -0.3 is 10.1 Å². The van der Waals surface area contributed by atoms with Crippen LogP contribution in [-0.4, -0.2) is 47.2 Å². The van der Waals surface area contributed by atoms with E-state index in [1.54, 1.807) is 24.5 Å². The average molecular weight is 369 g/mol. The van der Waals surface area contributed by atoms with Crippen molar-refractivity contribution >= 4 is 23.6 Å². The van der Waals surface area contributed by atoms with Crippen molar-refractivity contribution in [1.29, 1.82) is 0 Å². The van der Waals surface area contributed by atoms with E-state index in [1.807, 2.05) is 6.08 Å². The minimum Gasteiger partial charge on any atom is -0.497 e. The van der Waals surface area contributed by atoms with Crippen LogP contribution in [0.5, 0.6) is 0 Å². The van der Waals surface area contributed by atoms with Crippen LogP contribution in [0.25, 0.3) is 0 Å². The highest BCUT2D eigenvalue weighted by molar-refractivity contribution is 6.24. The third-order valence-corrected chi connectivity index (χ3v) is 5.01. The van der Waals surface area contributed by atoms with Crippen LogP contribution in [-0.2, 0) is 20.9 Å². The molecule has 4 amide bonds. The molecule has 0 aromatic heterocycles. The van der Waals surface area contributed by atoms with Gasteiger partial charge in [-0.3, -0.25) is 29.4 Å². The summed E-state index contributed by atoms with van der Waals surface area (Å²) < 4.78 is 5.39. The first-order chi connectivity index (χ1) is 13.1. The van der Waals surface area contributed by atoms with Crippen LogP contribution in [0.1, 0.15) is 45.5 Å². The molecule has 0 aliphatic carbocycles. The fourth-order valence-electron chi connectivity index (χ4n) is 3.66. The number of benzene rings is 1. The summed E-state index contributed by atoms with van der Waals surface area (Å²) in [6.45, 7) is 1.03. The molecule has 3 aliphatic rings. The maximum Gasteiger partial charge on any atom is 0.262 e. The number of carbonyl (C=O) groups excluding carboxylic acids is 4. The minimum atomic E-state index is -0.950. The van der Waals surface area contributed by atoms with Crippen LogP contribution in [0.3, 0.4) is 0 Å². The van der Waals surface area contributed by atoms with Crippen LogP contribution >= 0.6 is 0 Å². The predicted octanol–water partition coefficient (Wildman–Crippen LogP) is 0.480. The van der Waals surface area contributed by atoms with E-state index in [1.165, 1.54) is 0 Å². The van der Waals surface area contributed by atoms with E-state index in [0.29, 0.717) is 29.8 Å². The van der Waals surface area contributed by atoms with Crippen molar-refractivity contribution in [3.05, 3.63) is 47.2 Å². The molecule has 1 aromatic rings. The number of ether oxygens (including phenoxy) is 1. The first-order valence-corrected chi connectivity index (χ1v) is 8.91. The Morgan fingerprint density at radius 2 is 2.04 bits per heavy atom. The predicted molar refractivity (Wildman–Crippen MR) is 93.5 cm³/mol. The molecule has 3 heterocycles. The maximum atomic E-state index is 13.0. The second-order valence-electron chi connectivity index (χ2n) is 6.78. The lowest BCUT2D eigenvalue weighted by Gasteiger charge is -2.27. The van der Waals surface area contributed by atoms with Gasteiger partial charge in [-0.15, -0.1) is 0 Å². The summed E-state index contributed by atoms with van der Waals surface area (Å²) in [6, 6.07) is 4.16. The summed E-state index contributed by atoms with van der Waals surface area (Å²) in [5.74, 6) is -1.97. The first-order valence-electron chi connectivity index (χ1n) is 8.91. The smallest absolute Gasteiger partial charge is 0.262 e. The topological polar surface area (TPSA) is 105 Å². The number of nitrogens with zero attached hydrogens (tertiary/aromatic N) is 1. The molecule has 4 rings (SSSR count). The van der Waals surface area contributed by atoms with E-state index in [0.717, 1.165) is 11.3 Å². The third kappa shape index (κ3) is 3.12. The molecule has 0 radical (unpaired) electrons. The molecule has 140 valence electrons. The SMILES string of the molecule is O=C1CCC(N2C(=O)c3cccc(CNCC4CC=CO4)c3C2=O)C(=O)N1. The standard InChI is InChI=1S/C19H19N3O5/c23-15-7-6-14(17(24)21-15)22-18(25)13-5-1-3-11(16(13)19(22)26)9-20-10-12-4-2-8-27-12/h1-3,5,8,12,14,20H,4,6-7,9-10H2,(H,21,23,24). The van der Waals surface area contributed by atoms with E-state index >= 15 is 0 Å². The first kappa shape index (κ1) is 17.4. The number of hydrogen-bond donors (Lipinski definition) is 2. The van der Waals surface area contributed by atoms with Gasteiger partial charge in [0.2, 0.25) is 11.8 Å². The number of imide groups is 2. The van der Waals surface area contributed by atoms with Gasteiger partial charge >= 0.3 is 0 Å². The summed E-state index contributed by atoms with van der Waals surface area (Å²) in [5.41, 5.74) is 1.32. The Morgan fingerprint density at radius 1 is 1.19 bits per heavy atom. The fraction of sp³-hybridized carbons (Fsp3) is 0.368. The van der Waals surface area contributed by atoms with Crippen LogP contribution in [0, 0.1) is 0 Å². The van der Waals surface area contributed by atoms with Gasteiger partial charge in [-0.05, 0) is 24.1 Å². The molecule has 1 fully saturated rings. The number of fused-ring (bicyclic) bond motifs is 1. The van der Waals surface area contributed by atoms with Gasteiger partial charge in [0.15, 0.2) is 0 Å². The molecule has 3 aliphatic heterocycles. The molecule has 1 saturated heterocycles. The van der Waals surface area contributed by atoms with Crippen molar-refractivity contribution in [3.8, 4) is 0 Å². The monoisotopic (exact) mass is 369 g/mol. The Kier molecular flexibility index (Phi) is 4.49. The lowest BCUT2D eigenvalue weighted by molar-refractivity contribution is -0.136. The molecule has 8 heteroatoms. The van der Waals surface area contributed by atoms with E-state index in [9.17, 15) is 19.2 Å². The van der Waals surface area contributed by atoms with E-state index < -0.39 is 23.8 Å². The number of piperidine rings is 1. The highest BCUT2D eigenvalue weighted by atomic mass is 16.5. The Morgan fingerprint density at radius 3 is 2.78 bits per heavy atom. The molecule has 2 unspecified atom stereocenters. The molecule has 1 aromatic carbocycles. The van der Waals surface area contributed by atoms with Crippen LogP contribution in [0.2, 0.25) is 0 Å². The van der Waals surface area contributed by atoms with Crippen LogP contribution in [0.15, 0.2) is 30.5 Å². The number of hydrogen-bond acceptors (Lipinski definition) is 6.